The second kappa shape index (κ2) is 8.78. The molecular formula is C20H27F2N3O2. The van der Waals surface area contributed by atoms with E-state index < -0.39 is 17.5 Å². The number of carbonyl (C=O) groups excluding carboxylic acids is 2. The minimum absolute atomic E-state index is 0.0829. The summed E-state index contributed by atoms with van der Waals surface area (Å²) in [6.45, 7) is 3.35. The summed E-state index contributed by atoms with van der Waals surface area (Å²) in [6, 6.07) is 2.99. The third-order valence-electron chi connectivity index (χ3n) is 5.62. The van der Waals surface area contributed by atoms with E-state index in [-0.39, 0.29) is 17.4 Å². The van der Waals surface area contributed by atoms with Gasteiger partial charge in [0, 0.05) is 38.2 Å². The van der Waals surface area contributed by atoms with Gasteiger partial charge in [-0.05, 0) is 57.3 Å². The molecule has 0 aliphatic carbocycles. The third-order valence-corrected chi connectivity index (χ3v) is 5.62. The summed E-state index contributed by atoms with van der Waals surface area (Å²) in [7, 11) is 1.93. The van der Waals surface area contributed by atoms with Gasteiger partial charge in [0.2, 0.25) is 5.91 Å². The molecule has 2 fully saturated rings. The molecule has 1 aromatic carbocycles. The molecule has 1 atom stereocenters. The Morgan fingerprint density at radius 3 is 2.52 bits per heavy atom. The molecule has 0 spiro atoms. The Kier molecular flexibility index (Phi) is 6.42. The Bertz CT molecular complexity index is 688. The lowest BCUT2D eigenvalue weighted by molar-refractivity contribution is -0.138. The van der Waals surface area contributed by atoms with E-state index in [9.17, 15) is 18.4 Å². The van der Waals surface area contributed by atoms with Gasteiger partial charge in [-0.3, -0.25) is 9.59 Å². The van der Waals surface area contributed by atoms with Gasteiger partial charge in [-0.2, -0.15) is 0 Å². The van der Waals surface area contributed by atoms with Crippen LogP contribution in [-0.2, 0) is 4.79 Å². The number of amides is 2. The molecule has 0 bridgehead atoms. The van der Waals surface area contributed by atoms with Crippen LogP contribution in [0.25, 0.3) is 0 Å². The standard InChI is InChI=1S/C20H27F2N3O2/c1-23-12-14-3-2-8-25(13-14)19(26)15-6-9-24(10-7-15)20(27)17-5-4-16(21)11-18(17)22/h4-5,11,14-15,23H,2-3,6-10,12-13H2,1H3. The highest BCUT2D eigenvalue weighted by atomic mass is 19.1. The third kappa shape index (κ3) is 4.64. The maximum atomic E-state index is 13.8. The second-order valence-corrected chi connectivity index (χ2v) is 7.54. The number of hydrogen-bond acceptors (Lipinski definition) is 3. The molecule has 0 saturated carbocycles. The zero-order valence-corrected chi connectivity index (χ0v) is 15.7. The van der Waals surface area contributed by atoms with Gasteiger partial charge in [0.05, 0.1) is 5.56 Å². The molecular weight excluding hydrogens is 352 g/mol. The van der Waals surface area contributed by atoms with Gasteiger partial charge >= 0.3 is 0 Å². The van der Waals surface area contributed by atoms with E-state index in [1.165, 1.54) is 6.07 Å². The van der Waals surface area contributed by atoms with Gasteiger partial charge in [0.15, 0.2) is 0 Å². The van der Waals surface area contributed by atoms with Crippen LogP contribution in [0.15, 0.2) is 18.2 Å². The molecule has 3 rings (SSSR count). The molecule has 0 radical (unpaired) electrons. The molecule has 7 heteroatoms. The maximum Gasteiger partial charge on any atom is 0.256 e. The summed E-state index contributed by atoms with van der Waals surface area (Å²) in [5, 5.41) is 3.18. The molecule has 2 aliphatic heterocycles. The van der Waals surface area contributed by atoms with Crippen molar-refractivity contribution in [3.8, 4) is 0 Å². The summed E-state index contributed by atoms with van der Waals surface area (Å²) in [6.07, 6.45) is 3.33. The van der Waals surface area contributed by atoms with E-state index >= 15 is 0 Å². The lowest BCUT2D eigenvalue weighted by atomic mass is 9.92. The number of likely N-dealkylation sites (tertiary alicyclic amines) is 2. The summed E-state index contributed by atoms with van der Waals surface area (Å²) < 4.78 is 26.9. The fourth-order valence-electron chi connectivity index (χ4n) is 4.14. The van der Waals surface area contributed by atoms with Crippen molar-refractivity contribution < 1.29 is 18.4 Å². The zero-order chi connectivity index (χ0) is 19.4. The van der Waals surface area contributed by atoms with E-state index in [4.69, 9.17) is 0 Å². The van der Waals surface area contributed by atoms with Crippen molar-refractivity contribution in [2.75, 3.05) is 39.8 Å². The molecule has 2 amide bonds. The SMILES string of the molecule is CNCC1CCCN(C(=O)C2CCN(C(=O)c3ccc(F)cc3F)CC2)C1. The van der Waals surface area contributed by atoms with Gasteiger partial charge in [-0.1, -0.05) is 0 Å². The number of halogens is 2. The number of nitrogens with zero attached hydrogens (tertiary/aromatic N) is 2. The monoisotopic (exact) mass is 379 g/mol. The van der Waals surface area contributed by atoms with Crippen LogP contribution in [-0.4, -0.2) is 61.4 Å². The molecule has 2 aliphatic rings. The summed E-state index contributed by atoms with van der Waals surface area (Å²) in [5.41, 5.74) is -0.118. The van der Waals surface area contributed by atoms with Crippen molar-refractivity contribution in [3.05, 3.63) is 35.4 Å². The molecule has 2 heterocycles. The molecule has 0 aromatic heterocycles. The Balaban J connectivity index is 1.55. The first-order valence-corrected chi connectivity index (χ1v) is 9.67. The highest BCUT2D eigenvalue weighted by Gasteiger charge is 2.33. The average molecular weight is 379 g/mol. The Labute approximate surface area is 158 Å². The Morgan fingerprint density at radius 1 is 1.11 bits per heavy atom. The van der Waals surface area contributed by atoms with Crippen LogP contribution in [0.1, 0.15) is 36.0 Å². The van der Waals surface area contributed by atoms with E-state index in [1.54, 1.807) is 4.90 Å². The van der Waals surface area contributed by atoms with Crippen molar-refractivity contribution in [1.82, 2.24) is 15.1 Å². The highest BCUT2D eigenvalue weighted by molar-refractivity contribution is 5.94. The zero-order valence-electron chi connectivity index (χ0n) is 15.7. The fraction of sp³-hybridized carbons (Fsp3) is 0.600. The van der Waals surface area contributed by atoms with Crippen LogP contribution < -0.4 is 5.32 Å². The molecule has 1 aromatic rings. The van der Waals surface area contributed by atoms with Crippen LogP contribution in [0.5, 0.6) is 0 Å². The van der Waals surface area contributed by atoms with Crippen LogP contribution in [0.4, 0.5) is 8.78 Å². The van der Waals surface area contributed by atoms with Crippen LogP contribution in [0.3, 0.4) is 0 Å². The second-order valence-electron chi connectivity index (χ2n) is 7.54. The first-order chi connectivity index (χ1) is 13.0. The van der Waals surface area contributed by atoms with E-state index in [2.05, 4.69) is 5.32 Å². The van der Waals surface area contributed by atoms with Gasteiger partial charge < -0.3 is 15.1 Å². The van der Waals surface area contributed by atoms with Gasteiger partial charge in [-0.25, -0.2) is 8.78 Å². The number of hydrogen-bond donors (Lipinski definition) is 1. The Morgan fingerprint density at radius 2 is 1.85 bits per heavy atom. The highest BCUT2D eigenvalue weighted by Crippen LogP contribution is 2.25. The minimum atomic E-state index is -0.845. The summed E-state index contributed by atoms with van der Waals surface area (Å²) in [5.74, 6) is -1.40. The molecule has 1 N–H and O–H groups in total. The maximum absolute atomic E-state index is 13.8. The van der Waals surface area contributed by atoms with Crippen molar-refractivity contribution >= 4 is 11.8 Å². The molecule has 27 heavy (non-hydrogen) atoms. The summed E-state index contributed by atoms with van der Waals surface area (Å²) in [4.78, 5) is 28.8. The average Bonchev–Trinajstić information content (AvgIpc) is 2.67. The van der Waals surface area contributed by atoms with Crippen LogP contribution >= 0.6 is 0 Å². The fourth-order valence-corrected chi connectivity index (χ4v) is 4.14. The number of rotatable bonds is 4. The smallest absolute Gasteiger partial charge is 0.256 e. The topological polar surface area (TPSA) is 52.7 Å². The molecule has 148 valence electrons. The van der Waals surface area contributed by atoms with Crippen molar-refractivity contribution in [2.24, 2.45) is 11.8 Å². The normalized spacial score (nSPS) is 21.4. The van der Waals surface area contributed by atoms with E-state index in [0.29, 0.717) is 31.8 Å². The first kappa shape index (κ1) is 19.7. The number of piperidine rings is 2. The van der Waals surface area contributed by atoms with Crippen LogP contribution in [0, 0.1) is 23.5 Å². The molecule has 1 unspecified atom stereocenters. The quantitative estimate of drug-likeness (QED) is 0.873. The number of carbonyl (C=O) groups is 2. The number of benzene rings is 1. The van der Waals surface area contributed by atoms with Crippen molar-refractivity contribution in [1.29, 1.82) is 0 Å². The predicted molar refractivity (Wildman–Crippen MR) is 98.2 cm³/mol. The van der Waals surface area contributed by atoms with Gasteiger partial charge in [-0.15, -0.1) is 0 Å². The van der Waals surface area contributed by atoms with Crippen molar-refractivity contribution in [3.63, 3.8) is 0 Å². The van der Waals surface area contributed by atoms with E-state index in [0.717, 1.165) is 44.6 Å². The number of nitrogens with one attached hydrogen (secondary N) is 1. The minimum Gasteiger partial charge on any atom is -0.342 e. The van der Waals surface area contributed by atoms with Gasteiger partial charge in [0.25, 0.3) is 5.91 Å². The largest absolute Gasteiger partial charge is 0.342 e. The van der Waals surface area contributed by atoms with Crippen molar-refractivity contribution in [2.45, 2.75) is 25.7 Å². The lowest BCUT2D eigenvalue weighted by Gasteiger charge is -2.38. The predicted octanol–water partition coefficient (Wildman–Crippen LogP) is 2.28. The van der Waals surface area contributed by atoms with Crippen LogP contribution in [0.2, 0.25) is 0 Å². The molecule has 2 saturated heterocycles. The van der Waals surface area contributed by atoms with Gasteiger partial charge in [0.1, 0.15) is 11.6 Å². The first-order valence-electron chi connectivity index (χ1n) is 9.67. The Hall–Kier alpha value is -2.02. The summed E-state index contributed by atoms with van der Waals surface area (Å²) >= 11 is 0. The molecule has 5 nitrogen and oxygen atoms in total. The lowest BCUT2D eigenvalue weighted by Crippen LogP contribution is -2.48. The van der Waals surface area contributed by atoms with E-state index in [1.807, 2.05) is 11.9 Å².